The Morgan fingerprint density at radius 2 is 1.68 bits per heavy atom. The van der Waals surface area contributed by atoms with Crippen LogP contribution in [-0.2, 0) is 20.9 Å². The van der Waals surface area contributed by atoms with Gasteiger partial charge in [-0.25, -0.2) is 9.59 Å². The number of ether oxygens (including phenoxy) is 1. The van der Waals surface area contributed by atoms with E-state index >= 15 is 0 Å². The molecule has 168 valence electrons. The van der Waals surface area contributed by atoms with Gasteiger partial charge in [0.2, 0.25) is 0 Å². The fourth-order valence-corrected chi connectivity index (χ4v) is 5.22. The first kappa shape index (κ1) is 23.0. The highest BCUT2D eigenvalue weighted by molar-refractivity contribution is 6.07. The molecule has 0 saturated carbocycles. The third-order valence-electron chi connectivity index (χ3n) is 6.26. The Bertz CT molecular complexity index is 873. The maximum Gasteiger partial charge on any atom is 0.333 e. The van der Waals surface area contributed by atoms with Gasteiger partial charge in [-0.1, -0.05) is 36.9 Å². The molecule has 2 aliphatic rings. The van der Waals surface area contributed by atoms with E-state index in [9.17, 15) is 14.4 Å². The zero-order valence-electron chi connectivity index (χ0n) is 19.2. The molecule has 3 amide bonds. The van der Waals surface area contributed by atoms with Crippen molar-refractivity contribution in [2.24, 2.45) is 0 Å². The van der Waals surface area contributed by atoms with Crippen LogP contribution in [0.2, 0.25) is 0 Å². The van der Waals surface area contributed by atoms with Gasteiger partial charge in [0.15, 0.2) is 0 Å². The molecule has 7 nitrogen and oxygen atoms in total. The summed E-state index contributed by atoms with van der Waals surface area (Å²) in [6, 6.07) is 9.83. The predicted octanol–water partition coefficient (Wildman–Crippen LogP) is 3.25. The molecule has 7 heteroatoms. The first-order valence-corrected chi connectivity index (χ1v) is 10.7. The molecule has 1 aromatic carbocycles. The van der Waals surface area contributed by atoms with Crippen LogP contribution in [0.3, 0.4) is 0 Å². The van der Waals surface area contributed by atoms with Gasteiger partial charge in [0.25, 0.3) is 5.91 Å². The summed E-state index contributed by atoms with van der Waals surface area (Å²) >= 11 is 0. The summed E-state index contributed by atoms with van der Waals surface area (Å²) in [6.07, 6.45) is 1.01. The van der Waals surface area contributed by atoms with Crippen molar-refractivity contribution in [3.05, 3.63) is 48.0 Å². The molecule has 0 atom stereocenters. The van der Waals surface area contributed by atoms with Crippen molar-refractivity contribution in [3.63, 3.8) is 0 Å². The average molecular weight is 428 g/mol. The quantitative estimate of drug-likeness (QED) is 0.428. The van der Waals surface area contributed by atoms with Gasteiger partial charge < -0.3 is 10.1 Å². The molecule has 2 aliphatic heterocycles. The zero-order valence-corrected chi connectivity index (χ0v) is 19.2. The molecular formula is C24H33N3O4. The number of benzene rings is 1. The zero-order chi connectivity index (χ0) is 23.0. The van der Waals surface area contributed by atoms with Gasteiger partial charge in [-0.15, -0.1) is 0 Å². The molecule has 2 saturated heterocycles. The standard InChI is InChI=1S/C24H33N3O4/c1-17(2)19(28)31-13-12-26-20(29)24(25-21(26)30)15-22(3,4)27(23(5,6)16-24)14-18-10-8-7-9-11-18/h7-11H,1,12-16H2,2-6H3,(H,25,30). The Morgan fingerprint density at radius 3 is 2.23 bits per heavy atom. The second-order valence-corrected chi connectivity index (χ2v) is 9.94. The maximum absolute atomic E-state index is 13.4. The largest absolute Gasteiger partial charge is 0.460 e. The first-order valence-electron chi connectivity index (χ1n) is 10.7. The Balaban J connectivity index is 1.77. The Labute approximate surface area is 184 Å². The van der Waals surface area contributed by atoms with Gasteiger partial charge in [0, 0.05) is 23.2 Å². The highest BCUT2D eigenvalue weighted by atomic mass is 16.5. The molecule has 1 spiro atoms. The van der Waals surface area contributed by atoms with Gasteiger partial charge in [0.05, 0.1) is 6.54 Å². The van der Waals surface area contributed by atoms with Crippen molar-refractivity contribution in [3.8, 4) is 0 Å². The van der Waals surface area contributed by atoms with Gasteiger partial charge in [-0.2, -0.15) is 0 Å². The lowest BCUT2D eigenvalue weighted by atomic mass is 9.68. The molecule has 0 aliphatic carbocycles. The predicted molar refractivity (Wildman–Crippen MR) is 118 cm³/mol. The van der Waals surface area contributed by atoms with Crippen LogP contribution in [0.15, 0.2) is 42.5 Å². The number of likely N-dealkylation sites (tertiary alicyclic amines) is 1. The monoisotopic (exact) mass is 427 g/mol. The fourth-order valence-electron chi connectivity index (χ4n) is 5.22. The highest BCUT2D eigenvalue weighted by Crippen LogP contribution is 2.46. The summed E-state index contributed by atoms with van der Waals surface area (Å²) in [4.78, 5) is 41.3. The molecule has 0 aromatic heterocycles. The summed E-state index contributed by atoms with van der Waals surface area (Å²) in [5, 5.41) is 2.98. The third-order valence-corrected chi connectivity index (χ3v) is 6.26. The number of carbonyl (C=O) groups is 3. The number of nitrogens with one attached hydrogen (secondary N) is 1. The number of urea groups is 1. The molecule has 1 N–H and O–H groups in total. The molecule has 1 aromatic rings. The lowest BCUT2D eigenvalue weighted by Gasteiger charge is -2.57. The highest BCUT2D eigenvalue weighted by Gasteiger charge is 2.60. The smallest absolute Gasteiger partial charge is 0.333 e. The Hall–Kier alpha value is -2.67. The summed E-state index contributed by atoms with van der Waals surface area (Å²) in [7, 11) is 0. The molecule has 2 fully saturated rings. The minimum atomic E-state index is -0.963. The van der Waals surface area contributed by atoms with Crippen LogP contribution in [-0.4, -0.2) is 57.5 Å². The van der Waals surface area contributed by atoms with Gasteiger partial charge in [-0.3, -0.25) is 14.6 Å². The van der Waals surface area contributed by atoms with Crippen LogP contribution in [0.4, 0.5) is 4.79 Å². The van der Waals surface area contributed by atoms with E-state index in [1.165, 1.54) is 10.5 Å². The van der Waals surface area contributed by atoms with Crippen molar-refractivity contribution in [2.75, 3.05) is 13.2 Å². The average Bonchev–Trinajstić information content (AvgIpc) is 2.88. The normalized spacial score (nSPS) is 21.8. The molecule has 0 radical (unpaired) electrons. The number of imide groups is 1. The molecule has 0 unspecified atom stereocenters. The number of carbonyl (C=O) groups excluding carboxylic acids is 3. The number of hydrogen-bond acceptors (Lipinski definition) is 5. The fraction of sp³-hybridized carbons (Fsp3) is 0.542. The van der Waals surface area contributed by atoms with E-state index in [0.29, 0.717) is 12.8 Å². The minimum Gasteiger partial charge on any atom is -0.460 e. The van der Waals surface area contributed by atoms with E-state index in [1.807, 2.05) is 18.2 Å². The third kappa shape index (κ3) is 4.51. The number of piperidine rings is 1. The van der Waals surface area contributed by atoms with E-state index in [2.05, 4.69) is 56.6 Å². The molecule has 0 bridgehead atoms. The van der Waals surface area contributed by atoms with Gasteiger partial charge in [-0.05, 0) is 53.0 Å². The van der Waals surface area contributed by atoms with E-state index in [-0.39, 0.29) is 35.7 Å². The molecule has 31 heavy (non-hydrogen) atoms. The first-order chi connectivity index (χ1) is 14.4. The molecule has 2 heterocycles. The van der Waals surface area contributed by atoms with Crippen molar-refractivity contribution in [1.82, 2.24) is 15.1 Å². The topological polar surface area (TPSA) is 79.0 Å². The molecule has 3 rings (SSSR count). The summed E-state index contributed by atoms with van der Waals surface area (Å²) in [5.41, 5.74) is -0.132. The van der Waals surface area contributed by atoms with E-state index in [4.69, 9.17) is 4.74 Å². The number of rotatable bonds is 6. The summed E-state index contributed by atoms with van der Waals surface area (Å²) in [6.45, 7) is 14.3. The van der Waals surface area contributed by atoms with E-state index in [1.54, 1.807) is 6.92 Å². The van der Waals surface area contributed by atoms with Crippen LogP contribution in [0.5, 0.6) is 0 Å². The Morgan fingerprint density at radius 1 is 1.10 bits per heavy atom. The van der Waals surface area contributed by atoms with Crippen LogP contribution in [0, 0.1) is 0 Å². The van der Waals surface area contributed by atoms with Gasteiger partial charge >= 0.3 is 12.0 Å². The van der Waals surface area contributed by atoms with Crippen molar-refractivity contribution in [2.45, 2.75) is 70.6 Å². The minimum absolute atomic E-state index is 0.0278. The lowest BCUT2D eigenvalue weighted by molar-refractivity contribution is -0.144. The van der Waals surface area contributed by atoms with Crippen molar-refractivity contribution in [1.29, 1.82) is 0 Å². The lowest BCUT2D eigenvalue weighted by Crippen LogP contribution is -2.69. The molecular weight excluding hydrogens is 394 g/mol. The van der Waals surface area contributed by atoms with Crippen LogP contribution < -0.4 is 5.32 Å². The number of nitrogens with zero attached hydrogens (tertiary/aromatic N) is 2. The number of esters is 1. The summed E-state index contributed by atoms with van der Waals surface area (Å²) < 4.78 is 5.08. The van der Waals surface area contributed by atoms with Crippen molar-refractivity contribution < 1.29 is 19.1 Å². The number of amides is 3. The SMILES string of the molecule is C=C(C)C(=O)OCCN1C(=O)NC2(CC(C)(C)N(Cc3ccccc3)C(C)(C)C2)C1=O. The van der Waals surface area contributed by atoms with E-state index in [0.717, 1.165) is 6.54 Å². The Kier molecular flexibility index (Phi) is 6.02. The maximum atomic E-state index is 13.4. The van der Waals surface area contributed by atoms with Crippen LogP contribution in [0.25, 0.3) is 0 Å². The van der Waals surface area contributed by atoms with Crippen molar-refractivity contribution >= 4 is 17.9 Å². The van der Waals surface area contributed by atoms with Crippen LogP contribution >= 0.6 is 0 Å². The van der Waals surface area contributed by atoms with E-state index < -0.39 is 17.5 Å². The van der Waals surface area contributed by atoms with Gasteiger partial charge in [0.1, 0.15) is 12.1 Å². The second kappa shape index (κ2) is 8.11. The second-order valence-electron chi connectivity index (χ2n) is 9.94. The van der Waals surface area contributed by atoms with Crippen LogP contribution in [0.1, 0.15) is 53.0 Å². The number of hydrogen-bond donors (Lipinski definition) is 1. The summed E-state index contributed by atoms with van der Waals surface area (Å²) in [5.74, 6) is -0.775.